The van der Waals surface area contributed by atoms with Crippen molar-refractivity contribution in [3.63, 3.8) is 0 Å². The van der Waals surface area contributed by atoms with E-state index >= 15 is 0 Å². The van der Waals surface area contributed by atoms with E-state index in [-0.39, 0.29) is 13.3 Å². The highest BCUT2D eigenvalue weighted by Gasteiger charge is 2.32. The maximum Gasteiger partial charge on any atom is 0.414 e. The average Bonchev–Trinajstić information content (AvgIpc) is 3.27. The van der Waals surface area contributed by atoms with Crippen molar-refractivity contribution >= 4 is 23.4 Å². The molecule has 1 amide bonds. The van der Waals surface area contributed by atoms with Crippen LogP contribution >= 0.6 is 11.6 Å². The first kappa shape index (κ1) is 19.7. The highest BCUT2D eigenvalue weighted by molar-refractivity contribution is 6.18. The van der Waals surface area contributed by atoms with Gasteiger partial charge in [-0.05, 0) is 29.5 Å². The van der Waals surface area contributed by atoms with Gasteiger partial charge < -0.3 is 4.74 Å². The zero-order valence-corrected chi connectivity index (χ0v) is 15.0. The van der Waals surface area contributed by atoms with Crippen LogP contribution in [0.5, 0.6) is 0 Å². The van der Waals surface area contributed by atoms with Crippen LogP contribution in [0.2, 0.25) is 0 Å². The van der Waals surface area contributed by atoms with Gasteiger partial charge in [0.1, 0.15) is 17.6 Å². The lowest BCUT2D eigenvalue weighted by Gasteiger charge is -2.14. The van der Waals surface area contributed by atoms with Crippen molar-refractivity contribution in [2.75, 3.05) is 17.3 Å². The molecule has 0 aliphatic carbocycles. The van der Waals surface area contributed by atoms with E-state index in [4.69, 9.17) is 16.3 Å². The number of nitrogens with zero attached hydrogens (tertiary/aromatic N) is 6. The summed E-state index contributed by atoms with van der Waals surface area (Å²) in [5.74, 6) is 0.115. The summed E-state index contributed by atoms with van der Waals surface area (Å²) in [5.41, 5.74) is 1.92. The van der Waals surface area contributed by atoms with E-state index in [1.807, 2.05) is 0 Å². The Morgan fingerprint density at radius 1 is 1.32 bits per heavy atom. The minimum absolute atomic E-state index is 0. The standard InChI is InChI=1S/C17H14ClFN6O2.CH4/c1-24-22-16(21-23-24)15-5-2-10(8-20-15)13-4-3-11(6-14(13)19)25-9-12(7-18)27-17(25)26;/h2-6,8,12H,7,9H2,1H3;1H4/t12-;/m0./s1. The minimum Gasteiger partial charge on any atom is -0.443 e. The number of alkyl halides is 1. The van der Waals surface area contributed by atoms with Crippen molar-refractivity contribution in [1.82, 2.24) is 25.2 Å². The number of amides is 1. The summed E-state index contributed by atoms with van der Waals surface area (Å²) in [6.07, 6.45) is 0.612. The third-order valence-electron chi connectivity index (χ3n) is 4.12. The monoisotopic (exact) mass is 404 g/mol. The minimum atomic E-state index is -0.532. The Kier molecular flexibility index (Phi) is 5.55. The maximum atomic E-state index is 14.7. The van der Waals surface area contributed by atoms with Gasteiger partial charge in [-0.1, -0.05) is 13.5 Å². The van der Waals surface area contributed by atoms with Gasteiger partial charge in [-0.2, -0.15) is 4.80 Å². The molecule has 1 atom stereocenters. The lowest BCUT2D eigenvalue weighted by molar-refractivity contribution is 0.151. The summed E-state index contributed by atoms with van der Waals surface area (Å²) in [6.45, 7) is 0.294. The predicted octanol–water partition coefficient (Wildman–Crippen LogP) is 3.28. The highest BCUT2D eigenvalue weighted by atomic mass is 35.5. The highest BCUT2D eigenvalue weighted by Crippen LogP contribution is 2.29. The molecule has 0 radical (unpaired) electrons. The molecule has 1 aromatic carbocycles. The van der Waals surface area contributed by atoms with Crippen molar-refractivity contribution in [3.05, 3.63) is 42.3 Å². The van der Waals surface area contributed by atoms with Gasteiger partial charge in [-0.3, -0.25) is 9.88 Å². The van der Waals surface area contributed by atoms with E-state index in [0.29, 0.717) is 34.9 Å². The van der Waals surface area contributed by atoms with Crippen LogP contribution in [0, 0.1) is 5.82 Å². The van der Waals surface area contributed by atoms with Gasteiger partial charge >= 0.3 is 6.09 Å². The Morgan fingerprint density at radius 2 is 2.14 bits per heavy atom. The molecular formula is C18H18ClFN6O2. The average molecular weight is 405 g/mol. The lowest BCUT2D eigenvalue weighted by atomic mass is 10.1. The number of hydrogen-bond acceptors (Lipinski definition) is 6. The van der Waals surface area contributed by atoms with Crippen molar-refractivity contribution in [2.45, 2.75) is 13.5 Å². The number of rotatable bonds is 4. The number of aryl methyl sites for hydroxylation is 1. The van der Waals surface area contributed by atoms with Crippen molar-refractivity contribution in [1.29, 1.82) is 0 Å². The number of benzene rings is 1. The Hall–Kier alpha value is -3.07. The number of halogens is 2. The summed E-state index contributed by atoms with van der Waals surface area (Å²) in [6, 6.07) is 7.98. The molecule has 0 bridgehead atoms. The molecule has 0 spiro atoms. The first-order valence-corrected chi connectivity index (χ1v) is 8.63. The molecule has 1 fully saturated rings. The first-order valence-electron chi connectivity index (χ1n) is 8.09. The molecule has 1 saturated heterocycles. The van der Waals surface area contributed by atoms with E-state index in [9.17, 15) is 9.18 Å². The number of carbonyl (C=O) groups excluding carboxylic acids is 1. The van der Waals surface area contributed by atoms with Gasteiger partial charge in [0.15, 0.2) is 0 Å². The van der Waals surface area contributed by atoms with E-state index in [2.05, 4.69) is 20.4 Å². The molecule has 3 heterocycles. The maximum absolute atomic E-state index is 14.7. The molecule has 8 nitrogen and oxygen atoms in total. The lowest BCUT2D eigenvalue weighted by Crippen LogP contribution is -2.24. The number of hydrogen-bond donors (Lipinski definition) is 0. The van der Waals surface area contributed by atoms with Crippen LogP contribution in [0.15, 0.2) is 36.5 Å². The number of aromatic nitrogens is 5. The second-order valence-corrected chi connectivity index (χ2v) is 6.28. The number of anilines is 1. The Bertz CT molecular complexity index is 994. The van der Waals surface area contributed by atoms with Gasteiger partial charge in [0.2, 0.25) is 5.82 Å². The van der Waals surface area contributed by atoms with Crippen LogP contribution in [0.3, 0.4) is 0 Å². The quantitative estimate of drug-likeness (QED) is 0.620. The molecule has 0 unspecified atom stereocenters. The topological polar surface area (TPSA) is 86.0 Å². The second-order valence-electron chi connectivity index (χ2n) is 5.97. The summed E-state index contributed by atoms with van der Waals surface area (Å²) in [7, 11) is 1.66. The van der Waals surface area contributed by atoms with Gasteiger partial charge in [-0.15, -0.1) is 21.8 Å². The Balaban J connectivity index is 0.00000225. The third-order valence-corrected chi connectivity index (χ3v) is 4.47. The molecule has 1 aliphatic heterocycles. The van der Waals surface area contributed by atoms with Crippen LogP contribution in [-0.4, -0.2) is 49.8 Å². The number of ether oxygens (including phenoxy) is 1. The molecule has 10 heteroatoms. The molecule has 1 aliphatic rings. The third kappa shape index (κ3) is 3.65. The second kappa shape index (κ2) is 7.89. The molecule has 3 aromatic rings. The molecule has 146 valence electrons. The largest absolute Gasteiger partial charge is 0.443 e. The fourth-order valence-electron chi connectivity index (χ4n) is 2.79. The zero-order valence-electron chi connectivity index (χ0n) is 14.2. The van der Waals surface area contributed by atoms with Crippen LogP contribution in [0.4, 0.5) is 14.9 Å². The summed E-state index contributed by atoms with van der Waals surface area (Å²) in [4.78, 5) is 18.8. The number of pyridine rings is 1. The van der Waals surface area contributed by atoms with Crippen LogP contribution < -0.4 is 4.90 Å². The normalized spacial score (nSPS) is 16.0. The molecule has 0 saturated carbocycles. The van der Waals surface area contributed by atoms with Crippen LogP contribution in [0.25, 0.3) is 22.6 Å². The van der Waals surface area contributed by atoms with Crippen LogP contribution in [-0.2, 0) is 11.8 Å². The molecule has 0 N–H and O–H groups in total. The van der Waals surface area contributed by atoms with Crippen molar-refractivity contribution < 1.29 is 13.9 Å². The molecule has 4 rings (SSSR count). The summed E-state index contributed by atoms with van der Waals surface area (Å²) >= 11 is 5.72. The predicted molar refractivity (Wildman–Crippen MR) is 102 cm³/mol. The van der Waals surface area contributed by atoms with Gasteiger partial charge in [0.05, 0.1) is 25.2 Å². The van der Waals surface area contributed by atoms with Gasteiger partial charge in [0.25, 0.3) is 0 Å². The molecule has 28 heavy (non-hydrogen) atoms. The first-order chi connectivity index (χ1) is 13.0. The van der Waals surface area contributed by atoms with Crippen LogP contribution in [0.1, 0.15) is 7.43 Å². The molecule has 2 aromatic heterocycles. The summed E-state index contributed by atoms with van der Waals surface area (Å²) < 4.78 is 19.7. The Labute approximate surface area is 165 Å². The van der Waals surface area contributed by atoms with Gasteiger partial charge in [-0.25, -0.2) is 9.18 Å². The van der Waals surface area contributed by atoms with E-state index in [1.54, 1.807) is 31.3 Å². The zero-order chi connectivity index (χ0) is 19.0. The fourth-order valence-corrected chi connectivity index (χ4v) is 2.95. The number of cyclic esters (lactones) is 1. The van der Waals surface area contributed by atoms with E-state index < -0.39 is 18.0 Å². The number of carbonyl (C=O) groups is 1. The van der Waals surface area contributed by atoms with E-state index in [0.717, 1.165) is 0 Å². The van der Waals surface area contributed by atoms with Gasteiger partial charge in [0, 0.05) is 17.3 Å². The smallest absolute Gasteiger partial charge is 0.414 e. The number of tetrazole rings is 1. The van der Waals surface area contributed by atoms with E-state index in [1.165, 1.54) is 22.0 Å². The SMILES string of the molecule is C.Cn1nnc(-c2ccc(-c3ccc(N4C[C@H](CCl)OC4=O)cc3F)cn2)n1. The fraction of sp³-hybridized carbons (Fsp3) is 0.278. The van der Waals surface area contributed by atoms with Crippen molar-refractivity contribution in [2.24, 2.45) is 7.05 Å². The summed E-state index contributed by atoms with van der Waals surface area (Å²) in [5, 5.41) is 11.7. The van der Waals surface area contributed by atoms with Crippen molar-refractivity contribution in [3.8, 4) is 22.6 Å². The Morgan fingerprint density at radius 3 is 2.71 bits per heavy atom. The molecular weight excluding hydrogens is 387 g/mol.